The number of para-hydroxylation sites is 2. The van der Waals surface area contributed by atoms with Crippen molar-refractivity contribution in [3.63, 3.8) is 0 Å². The lowest BCUT2D eigenvalue weighted by molar-refractivity contribution is 0.0985. The van der Waals surface area contributed by atoms with Gasteiger partial charge in [0, 0.05) is 19.3 Å². The molecule has 0 unspecified atom stereocenters. The Bertz CT molecular complexity index is 542. The summed E-state index contributed by atoms with van der Waals surface area (Å²) in [4.78, 5) is 13.6. The van der Waals surface area contributed by atoms with Crippen LogP contribution in [0.3, 0.4) is 0 Å². The van der Waals surface area contributed by atoms with Crippen molar-refractivity contribution in [1.82, 2.24) is 0 Å². The number of ether oxygens (including phenoxy) is 2. The van der Waals surface area contributed by atoms with E-state index in [0.29, 0.717) is 12.4 Å². The van der Waals surface area contributed by atoms with Gasteiger partial charge in [0.05, 0.1) is 6.61 Å². The summed E-state index contributed by atoms with van der Waals surface area (Å²) in [7, 11) is 2.01. The van der Waals surface area contributed by atoms with E-state index in [2.05, 4.69) is 4.90 Å². The van der Waals surface area contributed by atoms with E-state index in [-0.39, 0.29) is 0 Å². The molecular weight excluding hydrogens is 266 g/mol. The number of carbonyl (C=O) groups is 1. The summed E-state index contributed by atoms with van der Waals surface area (Å²) in [6.07, 6.45) is 0.0820. The normalized spacial score (nSPS) is 9.95. The van der Waals surface area contributed by atoms with Crippen LogP contribution in [-0.2, 0) is 4.74 Å². The highest BCUT2D eigenvalue weighted by molar-refractivity contribution is 5.63. The van der Waals surface area contributed by atoms with Crippen LogP contribution in [-0.4, -0.2) is 26.4 Å². The fourth-order valence-electron chi connectivity index (χ4n) is 1.88. The molecule has 0 N–H and O–H groups in total. The SMILES string of the molecule is CN(CCCOC(=O)Oc1ccccc1)c1ccccc1. The first-order valence-corrected chi connectivity index (χ1v) is 6.91. The highest BCUT2D eigenvalue weighted by atomic mass is 16.7. The van der Waals surface area contributed by atoms with Gasteiger partial charge in [0.15, 0.2) is 0 Å². The van der Waals surface area contributed by atoms with Crippen molar-refractivity contribution in [2.45, 2.75) is 6.42 Å². The topological polar surface area (TPSA) is 38.8 Å². The molecular formula is C17H19NO3. The fourth-order valence-corrected chi connectivity index (χ4v) is 1.88. The van der Waals surface area contributed by atoms with E-state index in [1.54, 1.807) is 24.3 Å². The molecule has 0 amide bonds. The molecule has 0 aliphatic heterocycles. The molecule has 2 rings (SSSR count). The first-order valence-electron chi connectivity index (χ1n) is 6.91. The number of nitrogens with zero attached hydrogens (tertiary/aromatic N) is 1. The van der Waals surface area contributed by atoms with Crippen LogP contribution >= 0.6 is 0 Å². The molecule has 110 valence electrons. The summed E-state index contributed by atoms with van der Waals surface area (Å²) in [5.74, 6) is 0.490. The van der Waals surface area contributed by atoms with Crippen molar-refractivity contribution >= 4 is 11.8 Å². The zero-order chi connectivity index (χ0) is 14.9. The van der Waals surface area contributed by atoms with Gasteiger partial charge in [0.2, 0.25) is 0 Å². The van der Waals surface area contributed by atoms with E-state index < -0.39 is 6.16 Å². The number of anilines is 1. The first-order chi connectivity index (χ1) is 10.3. The standard InChI is InChI=1S/C17H19NO3/c1-18(15-9-4-2-5-10-15)13-8-14-20-17(19)21-16-11-6-3-7-12-16/h2-7,9-12H,8,13-14H2,1H3. The van der Waals surface area contributed by atoms with Crippen LogP contribution in [0.2, 0.25) is 0 Å². The van der Waals surface area contributed by atoms with E-state index in [0.717, 1.165) is 18.7 Å². The molecule has 2 aromatic carbocycles. The number of benzene rings is 2. The van der Waals surface area contributed by atoms with Gasteiger partial charge in [0.1, 0.15) is 5.75 Å². The van der Waals surface area contributed by atoms with Crippen molar-refractivity contribution in [2.75, 3.05) is 25.1 Å². The quantitative estimate of drug-likeness (QED) is 0.460. The van der Waals surface area contributed by atoms with E-state index in [1.807, 2.05) is 43.4 Å². The maximum atomic E-state index is 11.5. The van der Waals surface area contributed by atoms with Crippen LogP contribution < -0.4 is 9.64 Å². The summed E-state index contributed by atoms with van der Waals surface area (Å²) in [6.45, 7) is 1.14. The Morgan fingerprint density at radius 1 is 1.00 bits per heavy atom. The molecule has 4 nitrogen and oxygen atoms in total. The van der Waals surface area contributed by atoms with Crippen molar-refractivity contribution < 1.29 is 14.3 Å². The summed E-state index contributed by atoms with van der Waals surface area (Å²) >= 11 is 0. The molecule has 0 aromatic heterocycles. The van der Waals surface area contributed by atoms with Crippen LogP contribution in [0.25, 0.3) is 0 Å². The van der Waals surface area contributed by atoms with E-state index >= 15 is 0 Å². The lowest BCUT2D eigenvalue weighted by Gasteiger charge is -2.18. The van der Waals surface area contributed by atoms with Crippen molar-refractivity contribution in [3.8, 4) is 5.75 Å². The zero-order valence-corrected chi connectivity index (χ0v) is 12.1. The molecule has 21 heavy (non-hydrogen) atoms. The number of hydrogen-bond donors (Lipinski definition) is 0. The third kappa shape index (κ3) is 5.18. The molecule has 0 aliphatic carbocycles. The van der Waals surface area contributed by atoms with Gasteiger partial charge in [-0.2, -0.15) is 0 Å². The monoisotopic (exact) mass is 285 g/mol. The third-order valence-electron chi connectivity index (χ3n) is 3.00. The molecule has 2 aromatic rings. The van der Waals surface area contributed by atoms with Crippen molar-refractivity contribution in [2.24, 2.45) is 0 Å². The van der Waals surface area contributed by atoms with Crippen molar-refractivity contribution in [1.29, 1.82) is 0 Å². The Morgan fingerprint density at radius 2 is 1.62 bits per heavy atom. The Labute approximate surface area is 124 Å². The van der Waals surface area contributed by atoms with Gasteiger partial charge in [-0.15, -0.1) is 0 Å². The molecule has 0 heterocycles. The van der Waals surface area contributed by atoms with Crippen LogP contribution in [0.1, 0.15) is 6.42 Å². The second-order valence-electron chi connectivity index (χ2n) is 4.62. The Balaban J connectivity index is 1.64. The second kappa shape index (κ2) is 7.94. The van der Waals surface area contributed by atoms with Gasteiger partial charge in [0.25, 0.3) is 0 Å². The minimum Gasteiger partial charge on any atom is -0.434 e. The fraction of sp³-hybridized carbons (Fsp3) is 0.235. The smallest absolute Gasteiger partial charge is 0.434 e. The highest BCUT2D eigenvalue weighted by Gasteiger charge is 2.06. The summed E-state index contributed by atoms with van der Waals surface area (Å²) in [5.41, 5.74) is 1.14. The number of hydrogen-bond acceptors (Lipinski definition) is 4. The van der Waals surface area contributed by atoms with E-state index in [9.17, 15) is 4.79 Å². The summed E-state index contributed by atoms with van der Waals surface area (Å²) in [6, 6.07) is 19.0. The molecule has 0 bridgehead atoms. The third-order valence-corrected chi connectivity index (χ3v) is 3.00. The van der Waals surface area contributed by atoms with Crippen molar-refractivity contribution in [3.05, 3.63) is 60.7 Å². The number of carbonyl (C=O) groups excluding carboxylic acids is 1. The lowest BCUT2D eigenvalue weighted by atomic mass is 10.3. The van der Waals surface area contributed by atoms with Crippen LogP contribution in [0.15, 0.2) is 60.7 Å². The molecule has 0 radical (unpaired) electrons. The predicted molar refractivity (Wildman–Crippen MR) is 82.7 cm³/mol. The van der Waals surface area contributed by atoms with Crippen LogP contribution in [0.5, 0.6) is 5.75 Å². The van der Waals surface area contributed by atoms with Gasteiger partial charge in [-0.05, 0) is 30.7 Å². The largest absolute Gasteiger partial charge is 0.513 e. The Morgan fingerprint density at radius 3 is 2.29 bits per heavy atom. The zero-order valence-electron chi connectivity index (χ0n) is 12.1. The van der Waals surface area contributed by atoms with Gasteiger partial charge >= 0.3 is 6.16 Å². The number of rotatable bonds is 6. The highest BCUT2D eigenvalue weighted by Crippen LogP contribution is 2.11. The van der Waals surface area contributed by atoms with Crippen LogP contribution in [0.4, 0.5) is 10.5 Å². The minimum absolute atomic E-state index is 0.336. The first kappa shape index (κ1) is 14.9. The maximum absolute atomic E-state index is 11.5. The Kier molecular flexibility index (Phi) is 5.64. The van der Waals surface area contributed by atoms with E-state index in [1.165, 1.54) is 0 Å². The molecule has 0 spiro atoms. The van der Waals surface area contributed by atoms with Gasteiger partial charge in [-0.1, -0.05) is 36.4 Å². The van der Waals surface area contributed by atoms with Gasteiger partial charge in [-0.3, -0.25) is 0 Å². The minimum atomic E-state index is -0.663. The second-order valence-corrected chi connectivity index (χ2v) is 4.62. The van der Waals surface area contributed by atoms with Gasteiger partial charge < -0.3 is 14.4 Å². The predicted octanol–water partition coefficient (Wildman–Crippen LogP) is 3.73. The maximum Gasteiger partial charge on any atom is 0.513 e. The Hall–Kier alpha value is -2.49. The molecule has 0 saturated carbocycles. The van der Waals surface area contributed by atoms with Crippen LogP contribution in [0, 0.1) is 0 Å². The molecule has 0 atom stereocenters. The molecule has 0 fully saturated rings. The van der Waals surface area contributed by atoms with E-state index in [4.69, 9.17) is 9.47 Å². The molecule has 4 heteroatoms. The molecule has 0 aliphatic rings. The summed E-state index contributed by atoms with van der Waals surface area (Å²) in [5, 5.41) is 0. The average molecular weight is 285 g/mol. The van der Waals surface area contributed by atoms with Gasteiger partial charge in [-0.25, -0.2) is 4.79 Å². The lowest BCUT2D eigenvalue weighted by Crippen LogP contribution is -2.21. The molecule has 0 saturated heterocycles. The summed E-state index contributed by atoms with van der Waals surface area (Å²) < 4.78 is 10.1. The average Bonchev–Trinajstić information content (AvgIpc) is 2.53.